The van der Waals surface area contributed by atoms with Gasteiger partial charge >= 0.3 is 5.97 Å². The lowest BCUT2D eigenvalue weighted by Crippen LogP contribution is -2.32. The van der Waals surface area contributed by atoms with Crippen LogP contribution >= 0.6 is 0 Å². The van der Waals surface area contributed by atoms with Crippen molar-refractivity contribution >= 4 is 5.97 Å². The monoisotopic (exact) mass is 532 g/mol. The summed E-state index contributed by atoms with van der Waals surface area (Å²) in [7, 11) is 0. The third-order valence-corrected chi connectivity index (χ3v) is 9.94. The molecule has 3 aliphatic rings. The highest BCUT2D eigenvalue weighted by molar-refractivity contribution is 5.87. The highest BCUT2D eigenvalue weighted by Crippen LogP contribution is 2.42. The van der Waals surface area contributed by atoms with E-state index in [0.29, 0.717) is 11.8 Å². The molecule has 0 aromatic rings. The Balaban J connectivity index is 1.89. The van der Waals surface area contributed by atoms with E-state index in [2.05, 4.69) is 0 Å². The number of hydrogen-bond acceptors (Lipinski definition) is 3. The Kier molecular flexibility index (Phi) is 15.7. The lowest BCUT2D eigenvalue weighted by atomic mass is 9.69. The smallest absolute Gasteiger partial charge is 0.339 e. The molecule has 0 aliphatic heterocycles. The number of hydrogen-bond donors (Lipinski definition) is 2. The first-order chi connectivity index (χ1) is 18.7. The quantitative estimate of drug-likeness (QED) is 0.264. The molecule has 0 radical (unpaired) electrons. The topological polar surface area (TPSA) is 66.8 Å². The molecule has 0 amide bonds. The van der Waals surface area contributed by atoms with Gasteiger partial charge in [0.15, 0.2) is 0 Å². The van der Waals surface area contributed by atoms with E-state index in [1.807, 2.05) is 0 Å². The molecule has 0 atom stereocenters. The molecule has 3 aliphatic carbocycles. The van der Waals surface area contributed by atoms with Crippen LogP contribution in [0.15, 0.2) is 11.5 Å². The molecule has 3 fully saturated rings. The summed E-state index contributed by atoms with van der Waals surface area (Å²) in [5.74, 6) is -0.602. The average molecular weight is 533 g/mol. The predicted octanol–water partition coefficient (Wildman–Crippen LogP) is 10.6. The number of aliphatic hydroxyl groups is 1. The number of aliphatic carboxylic acids is 1. The third-order valence-electron chi connectivity index (χ3n) is 9.94. The molecule has 0 unspecified atom stereocenters. The van der Waals surface area contributed by atoms with Gasteiger partial charge in [0.2, 0.25) is 0 Å². The van der Waals surface area contributed by atoms with Gasteiger partial charge in [0.1, 0.15) is 11.7 Å². The van der Waals surface area contributed by atoms with Crippen LogP contribution in [0.1, 0.15) is 173 Å². The number of ether oxygens (including phenoxy) is 1. The zero-order chi connectivity index (χ0) is 26.8. The maximum absolute atomic E-state index is 13.0. The summed E-state index contributed by atoms with van der Waals surface area (Å²) in [5.41, 5.74) is 0.228. The van der Waals surface area contributed by atoms with Gasteiger partial charge in [-0.15, -0.1) is 0 Å². The number of carbonyl (C=O) groups is 1. The van der Waals surface area contributed by atoms with Crippen LogP contribution in [0.2, 0.25) is 0 Å². The van der Waals surface area contributed by atoms with Crippen LogP contribution in [0.5, 0.6) is 0 Å². The normalized spacial score (nSPS) is 24.8. The molecule has 2 N–H and O–H groups in total. The zero-order valence-corrected chi connectivity index (χ0v) is 24.6. The van der Waals surface area contributed by atoms with Gasteiger partial charge in [-0.05, 0) is 63.2 Å². The average Bonchev–Trinajstić information content (AvgIpc) is 2.92. The summed E-state index contributed by atoms with van der Waals surface area (Å²) in [6.45, 7) is 0. The third kappa shape index (κ3) is 11.5. The first-order valence-corrected chi connectivity index (χ1v) is 17.0. The van der Waals surface area contributed by atoms with E-state index < -0.39 is 5.97 Å². The van der Waals surface area contributed by atoms with Crippen LogP contribution in [0, 0.1) is 17.8 Å². The van der Waals surface area contributed by atoms with Gasteiger partial charge in [0.25, 0.3) is 5.95 Å². The lowest BCUT2D eigenvalue weighted by molar-refractivity contribution is -0.135. The minimum Gasteiger partial charge on any atom is -0.481 e. The molecule has 0 bridgehead atoms. The van der Waals surface area contributed by atoms with Gasteiger partial charge in [-0.2, -0.15) is 0 Å². The molecule has 0 heterocycles. The number of carboxylic acid groups (broad SMARTS) is 1. The predicted molar refractivity (Wildman–Crippen MR) is 157 cm³/mol. The molecular weight excluding hydrogens is 472 g/mol. The lowest BCUT2D eigenvalue weighted by Gasteiger charge is -2.36. The highest BCUT2D eigenvalue weighted by Gasteiger charge is 2.38. The maximum atomic E-state index is 13.0. The SMILES string of the molecule is O=C(O)C(=C(O)OC1CCCCCCCCC1)C(C1CCCCCCCCC1)C1CCCCCCCCC1. The van der Waals surface area contributed by atoms with E-state index >= 15 is 0 Å². The standard InChI is InChI=1S/C34H60O4/c35-33(36)32(34(37)38-30-26-20-14-8-3-9-15-21-27-30)31(28-22-16-10-4-1-5-11-17-23-28)29-24-18-12-6-2-7-13-19-25-29/h28-31,37H,1-27H2,(H,35,36). The molecule has 3 saturated carbocycles. The van der Waals surface area contributed by atoms with E-state index in [0.717, 1.165) is 51.4 Å². The van der Waals surface area contributed by atoms with Gasteiger partial charge in [-0.3, -0.25) is 0 Å². The Morgan fingerprint density at radius 3 is 1.08 bits per heavy atom. The van der Waals surface area contributed by atoms with Crippen LogP contribution in [0.4, 0.5) is 0 Å². The second-order valence-electron chi connectivity index (χ2n) is 13.0. The van der Waals surface area contributed by atoms with E-state index in [-0.39, 0.29) is 23.5 Å². The van der Waals surface area contributed by atoms with Crippen molar-refractivity contribution < 1.29 is 19.7 Å². The minimum absolute atomic E-state index is 0.0591. The first-order valence-electron chi connectivity index (χ1n) is 17.0. The van der Waals surface area contributed by atoms with Gasteiger partial charge in [-0.1, -0.05) is 122 Å². The Morgan fingerprint density at radius 2 is 0.763 bits per heavy atom. The van der Waals surface area contributed by atoms with E-state index in [1.165, 1.54) is 122 Å². The Labute approximate surface area is 234 Å². The molecule has 4 nitrogen and oxygen atoms in total. The van der Waals surface area contributed by atoms with E-state index in [4.69, 9.17) is 4.74 Å². The van der Waals surface area contributed by atoms with Crippen molar-refractivity contribution in [2.24, 2.45) is 17.8 Å². The van der Waals surface area contributed by atoms with Crippen LogP contribution < -0.4 is 0 Å². The zero-order valence-electron chi connectivity index (χ0n) is 24.6. The molecule has 0 aromatic carbocycles. The van der Waals surface area contributed by atoms with E-state index in [9.17, 15) is 15.0 Å². The van der Waals surface area contributed by atoms with Crippen molar-refractivity contribution in [2.45, 2.75) is 179 Å². The highest BCUT2D eigenvalue weighted by atomic mass is 16.6. The van der Waals surface area contributed by atoms with Gasteiger partial charge < -0.3 is 14.9 Å². The molecule has 3 rings (SSSR count). The fraction of sp³-hybridized carbons (Fsp3) is 0.912. The van der Waals surface area contributed by atoms with E-state index in [1.54, 1.807) is 0 Å². The maximum Gasteiger partial charge on any atom is 0.339 e. The van der Waals surface area contributed by atoms with Crippen LogP contribution in [0.3, 0.4) is 0 Å². The van der Waals surface area contributed by atoms with Crippen molar-refractivity contribution in [1.82, 2.24) is 0 Å². The Hall–Kier alpha value is -1.19. The fourth-order valence-electron chi connectivity index (χ4n) is 7.75. The largest absolute Gasteiger partial charge is 0.481 e. The second kappa shape index (κ2) is 19.0. The van der Waals surface area contributed by atoms with Gasteiger partial charge in [0, 0.05) is 5.92 Å². The van der Waals surface area contributed by atoms with Crippen molar-refractivity contribution in [3.63, 3.8) is 0 Å². The molecule has 4 heteroatoms. The van der Waals surface area contributed by atoms with Crippen molar-refractivity contribution in [3.05, 3.63) is 11.5 Å². The van der Waals surface area contributed by atoms with Crippen molar-refractivity contribution in [2.75, 3.05) is 0 Å². The molecule has 0 spiro atoms. The van der Waals surface area contributed by atoms with Crippen molar-refractivity contribution in [3.8, 4) is 0 Å². The molecule has 0 aromatic heterocycles. The molecular formula is C34H60O4. The number of carboxylic acids is 1. The molecule has 220 valence electrons. The molecule has 0 saturated heterocycles. The van der Waals surface area contributed by atoms with Crippen LogP contribution in [-0.2, 0) is 9.53 Å². The first kappa shape index (κ1) is 31.3. The molecule has 38 heavy (non-hydrogen) atoms. The van der Waals surface area contributed by atoms with Crippen LogP contribution in [-0.4, -0.2) is 22.3 Å². The number of aliphatic hydroxyl groups excluding tert-OH is 1. The Bertz CT molecular complexity index is 615. The summed E-state index contributed by atoms with van der Waals surface area (Å²) in [6.07, 6.45) is 32.3. The summed E-state index contributed by atoms with van der Waals surface area (Å²) in [4.78, 5) is 13.0. The number of rotatable bonds is 6. The van der Waals surface area contributed by atoms with Crippen LogP contribution in [0.25, 0.3) is 0 Å². The fourth-order valence-corrected chi connectivity index (χ4v) is 7.75. The van der Waals surface area contributed by atoms with Crippen molar-refractivity contribution in [1.29, 1.82) is 0 Å². The summed E-state index contributed by atoms with van der Waals surface area (Å²) < 4.78 is 6.26. The minimum atomic E-state index is -0.943. The second-order valence-corrected chi connectivity index (χ2v) is 13.0. The summed E-state index contributed by atoms with van der Waals surface area (Å²) in [6, 6.07) is 0. The van der Waals surface area contributed by atoms with Gasteiger partial charge in [-0.25, -0.2) is 4.79 Å². The summed E-state index contributed by atoms with van der Waals surface area (Å²) >= 11 is 0. The Morgan fingerprint density at radius 1 is 0.474 bits per heavy atom. The summed E-state index contributed by atoms with van der Waals surface area (Å²) in [5, 5.41) is 22.1. The van der Waals surface area contributed by atoms with Gasteiger partial charge in [0.05, 0.1) is 0 Å².